The first-order valence-corrected chi connectivity index (χ1v) is 7.11. The SMILES string of the molecule is CC1CCSC(c2ccnc3ccccc23)N1. The summed E-state index contributed by atoms with van der Waals surface area (Å²) in [6.07, 6.45) is 3.17. The van der Waals surface area contributed by atoms with Crippen molar-refractivity contribution >= 4 is 22.7 Å². The van der Waals surface area contributed by atoms with Crippen molar-refractivity contribution in [2.45, 2.75) is 24.8 Å². The van der Waals surface area contributed by atoms with Gasteiger partial charge < -0.3 is 0 Å². The molecule has 3 rings (SSSR count). The Morgan fingerprint density at radius 3 is 3.06 bits per heavy atom. The zero-order chi connectivity index (χ0) is 11.7. The lowest BCUT2D eigenvalue weighted by molar-refractivity contribution is 0.513. The Labute approximate surface area is 106 Å². The molecule has 0 saturated carbocycles. The van der Waals surface area contributed by atoms with Crippen LogP contribution in [0.4, 0.5) is 0 Å². The lowest BCUT2D eigenvalue weighted by atomic mass is 10.1. The average Bonchev–Trinajstić information content (AvgIpc) is 2.38. The van der Waals surface area contributed by atoms with E-state index in [0.717, 1.165) is 5.52 Å². The van der Waals surface area contributed by atoms with E-state index in [1.807, 2.05) is 24.0 Å². The van der Waals surface area contributed by atoms with E-state index >= 15 is 0 Å². The highest BCUT2D eigenvalue weighted by molar-refractivity contribution is 7.99. The van der Waals surface area contributed by atoms with E-state index in [2.05, 4.69) is 41.5 Å². The highest BCUT2D eigenvalue weighted by atomic mass is 32.2. The summed E-state index contributed by atoms with van der Waals surface area (Å²) in [7, 11) is 0. The van der Waals surface area contributed by atoms with Crippen LogP contribution < -0.4 is 5.32 Å². The topological polar surface area (TPSA) is 24.9 Å². The molecule has 2 nitrogen and oxygen atoms in total. The normalized spacial score (nSPS) is 25.0. The molecular weight excluding hydrogens is 228 g/mol. The van der Waals surface area contributed by atoms with Crippen molar-refractivity contribution in [3.8, 4) is 0 Å². The third-order valence-electron chi connectivity index (χ3n) is 3.24. The molecule has 0 radical (unpaired) electrons. The van der Waals surface area contributed by atoms with E-state index in [1.54, 1.807) is 0 Å². The Morgan fingerprint density at radius 2 is 2.18 bits per heavy atom. The molecule has 0 bridgehead atoms. The van der Waals surface area contributed by atoms with Crippen molar-refractivity contribution in [1.82, 2.24) is 10.3 Å². The minimum absolute atomic E-state index is 0.409. The van der Waals surface area contributed by atoms with E-state index in [1.165, 1.54) is 23.1 Å². The minimum Gasteiger partial charge on any atom is -0.299 e. The van der Waals surface area contributed by atoms with Gasteiger partial charge in [-0.05, 0) is 36.8 Å². The number of para-hydroxylation sites is 1. The van der Waals surface area contributed by atoms with Crippen molar-refractivity contribution in [3.63, 3.8) is 0 Å². The van der Waals surface area contributed by atoms with Crippen molar-refractivity contribution in [2.24, 2.45) is 0 Å². The number of thioether (sulfide) groups is 1. The van der Waals surface area contributed by atoms with Crippen molar-refractivity contribution < 1.29 is 0 Å². The molecule has 0 amide bonds. The van der Waals surface area contributed by atoms with E-state index in [9.17, 15) is 0 Å². The zero-order valence-electron chi connectivity index (χ0n) is 9.89. The quantitative estimate of drug-likeness (QED) is 0.832. The molecule has 2 atom stereocenters. The molecule has 1 fully saturated rings. The van der Waals surface area contributed by atoms with Gasteiger partial charge in [0, 0.05) is 17.6 Å². The molecule has 0 spiro atoms. The number of aromatic nitrogens is 1. The van der Waals surface area contributed by atoms with Gasteiger partial charge in [0.05, 0.1) is 10.9 Å². The van der Waals surface area contributed by atoms with Crippen molar-refractivity contribution in [3.05, 3.63) is 42.1 Å². The molecule has 17 heavy (non-hydrogen) atoms. The van der Waals surface area contributed by atoms with Gasteiger partial charge in [-0.2, -0.15) is 0 Å². The molecule has 1 aromatic carbocycles. The predicted octanol–water partition coefficient (Wildman–Crippen LogP) is 3.35. The summed E-state index contributed by atoms with van der Waals surface area (Å²) in [4.78, 5) is 4.42. The first-order chi connectivity index (χ1) is 8.34. The third kappa shape index (κ3) is 2.17. The van der Waals surface area contributed by atoms with Crippen LogP contribution in [0, 0.1) is 0 Å². The van der Waals surface area contributed by atoms with Crippen LogP contribution >= 0.6 is 11.8 Å². The van der Waals surface area contributed by atoms with Crippen LogP contribution in [0.15, 0.2) is 36.5 Å². The Kier molecular flexibility index (Phi) is 3.04. The average molecular weight is 244 g/mol. The molecule has 1 aromatic heterocycles. The van der Waals surface area contributed by atoms with Gasteiger partial charge in [-0.1, -0.05) is 18.2 Å². The van der Waals surface area contributed by atoms with Gasteiger partial charge in [0.25, 0.3) is 0 Å². The molecule has 1 saturated heterocycles. The lowest BCUT2D eigenvalue weighted by Gasteiger charge is -2.29. The second-order valence-corrected chi connectivity index (χ2v) is 5.74. The van der Waals surface area contributed by atoms with E-state index in [0.29, 0.717) is 11.4 Å². The summed E-state index contributed by atoms with van der Waals surface area (Å²) >= 11 is 2.00. The van der Waals surface area contributed by atoms with Crippen LogP contribution in [0.1, 0.15) is 24.3 Å². The predicted molar refractivity (Wildman–Crippen MR) is 74.2 cm³/mol. The summed E-state index contributed by atoms with van der Waals surface area (Å²) < 4.78 is 0. The highest BCUT2D eigenvalue weighted by Gasteiger charge is 2.21. The number of benzene rings is 1. The number of hydrogen-bond acceptors (Lipinski definition) is 3. The van der Waals surface area contributed by atoms with Crippen molar-refractivity contribution in [1.29, 1.82) is 0 Å². The molecule has 88 valence electrons. The van der Waals surface area contributed by atoms with Gasteiger partial charge >= 0.3 is 0 Å². The maximum absolute atomic E-state index is 4.42. The number of nitrogens with zero attached hydrogens (tertiary/aromatic N) is 1. The number of pyridine rings is 1. The fraction of sp³-hybridized carbons (Fsp3) is 0.357. The first-order valence-electron chi connectivity index (χ1n) is 6.06. The molecule has 1 N–H and O–H groups in total. The number of rotatable bonds is 1. The molecule has 0 aliphatic carbocycles. The van der Waals surface area contributed by atoms with Crippen LogP contribution in [-0.2, 0) is 0 Å². The maximum Gasteiger partial charge on any atom is 0.0798 e. The van der Waals surface area contributed by atoms with Crippen LogP contribution in [0.2, 0.25) is 0 Å². The second kappa shape index (κ2) is 4.67. The van der Waals surface area contributed by atoms with Crippen LogP contribution in [0.25, 0.3) is 10.9 Å². The molecular formula is C14H16N2S. The first kappa shape index (κ1) is 11.1. The Balaban J connectivity index is 2.04. The van der Waals surface area contributed by atoms with Gasteiger partial charge in [-0.25, -0.2) is 0 Å². The summed E-state index contributed by atoms with van der Waals surface area (Å²) in [5.41, 5.74) is 2.46. The van der Waals surface area contributed by atoms with Gasteiger partial charge in [-0.15, -0.1) is 11.8 Å². The monoisotopic (exact) mass is 244 g/mol. The Hall–Kier alpha value is -1.06. The number of nitrogens with one attached hydrogen (secondary N) is 1. The molecule has 1 aliphatic heterocycles. The smallest absolute Gasteiger partial charge is 0.0798 e. The fourth-order valence-corrected chi connectivity index (χ4v) is 3.72. The van der Waals surface area contributed by atoms with Crippen LogP contribution in [0.3, 0.4) is 0 Å². The minimum atomic E-state index is 0.409. The second-order valence-electron chi connectivity index (χ2n) is 4.52. The van der Waals surface area contributed by atoms with Crippen molar-refractivity contribution in [2.75, 3.05) is 5.75 Å². The zero-order valence-corrected chi connectivity index (χ0v) is 10.7. The van der Waals surface area contributed by atoms with Crippen LogP contribution in [0.5, 0.6) is 0 Å². The van der Waals surface area contributed by atoms with Crippen LogP contribution in [-0.4, -0.2) is 16.8 Å². The summed E-state index contributed by atoms with van der Waals surface area (Å²) in [5.74, 6) is 1.23. The van der Waals surface area contributed by atoms with Gasteiger partial charge in [0.15, 0.2) is 0 Å². The standard InChI is InChI=1S/C14H16N2S/c1-10-7-9-17-14(16-10)12-6-8-15-13-5-3-2-4-11(12)13/h2-6,8,10,14,16H,7,9H2,1H3. The van der Waals surface area contributed by atoms with E-state index < -0.39 is 0 Å². The lowest BCUT2D eigenvalue weighted by Crippen LogP contribution is -2.33. The van der Waals surface area contributed by atoms with Gasteiger partial charge in [0.2, 0.25) is 0 Å². The Morgan fingerprint density at radius 1 is 1.29 bits per heavy atom. The number of fused-ring (bicyclic) bond motifs is 1. The Bertz CT molecular complexity index is 521. The third-order valence-corrected chi connectivity index (χ3v) is 4.43. The molecule has 3 heteroatoms. The molecule has 2 aromatic rings. The summed E-state index contributed by atoms with van der Waals surface area (Å²) in [6.45, 7) is 2.26. The largest absolute Gasteiger partial charge is 0.299 e. The summed E-state index contributed by atoms with van der Waals surface area (Å²) in [6, 6.07) is 11.1. The van der Waals surface area contributed by atoms with Gasteiger partial charge in [0.1, 0.15) is 0 Å². The van der Waals surface area contributed by atoms with E-state index in [-0.39, 0.29) is 0 Å². The fourth-order valence-electron chi connectivity index (χ4n) is 2.28. The molecule has 2 unspecified atom stereocenters. The maximum atomic E-state index is 4.42. The van der Waals surface area contributed by atoms with E-state index in [4.69, 9.17) is 0 Å². The molecule has 2 heterocycles. The summed E-state index contributed by atoms with van der Waals surface area (Å²) in [5, 5.41) is 5.34. The number of hydrogen-bond donors (Lipinski definition) is 1. The molecule has 1 aliphatic rings. The highest BCUT2D eigenvalue weighted by Crippen LogP contribution is 2.34. The van der Waals surface area contributed by atoms with Gasteiger partial charge in [-0.3, -0.25) is 10.3 Å².